The Balaban J connectivity index is 1.43. The fourth-order valence-corrected chi connectivity index (χ4v) is 3.56. The zero-order chi connectivity index (χ0) is 20.9. The van der Waals surface area contributed by atoms with E-state index in [0.29, 0.717) is 6.54 Å². The van der Waals surface area contributed by atoms with Gasteiger partial charge in [-0.15, -0.1) is 0 Å². The van der Waals surface area contributed by atoms with E-state index in [1.165, 1.54) is 16.8 Å². The largest absolute Gasteiger partial charge is 0.497 e. The van der Waals surface area contributed by atoms with Crippen LogP contribution in [0.4, 0.5) is 10.5 Å². The molecule has 5 heteroatoms. The Morgan fingerprint density at radius 2 is 1.59 bits per heavy atom. The van der Waals surface area contributed by atoms with Crippen LogP contribution in [0.5, 0.6) is 5.75 Å². The summed E-state index contributed by atoms with van der Waals surface area (Å²) in [6, 6.07) is 16.8. The second-order valence-corrected chi connectivity index (χ2v) is 8.60. The molecular formula is C24H33N3O2. The lowest BCUT2D eigenvalue weighted by molar-refractivity contribution is 0.194. The van der Waals surface area contributed by atoms with E-state index in [2.05, 4.69) is 55.3 Å². The number of methoxy groups -OCH3 is 1. The zero-order valence-corrected chi connectivity index (χ0v) is 18.1. The molecule has 1 N–H and O–H groups in total. The minimum Gasteiger partial charge on any atom is -0.497 e. The number of ether oxygens (including phenoxy) is 1. The van der Waals surface area contributed by atoms with E-state index >= 15 is 0 Å². The topological polar surface area (TPSA) is 44.8 Å². The molecule has 1 saturated heterocycles. The van der Waals surface area contributed by atoms with E-state index in [1.807, 2.05) is 29.2 Å². The maximum absolute atomic E-state index is 12.5. The van der Waals surface area contributed by atoms with Crippen molar-refractivity contribution in [1.29, 1.82) is 0 Å². The summed E-state index contributed by atoms with van der Waals surface area (Å²) in [5, 5.41) is 3.05. The molecule has 156 valence electrons. The quantitative estimate of drug-likeness (QED) is 0.830. The molecule has 5 nitrogen and oxygen atoms in total. The first-order valence-electron chi connectivity index (χ1n) is 10.4. The molecule has 1 heterocycles. The van der Waals surface area contributed by atoms with Crippen LogP contribution in [0, 0.1) is 0 Å². The number of nitrogens with zero attached hydrogens (tertiary/aromatic N) is 2. The van der Waals surface area contributed by atoms with Crippen LogP contribution in [0.15, 0.2) is 48.5 Å². The smallest absolute Gasteiger partial charge is 0.317 e. The van der Waals surface area contributed by atoms with Gasteiger partial charge in [-0.2, -0.15) is 0 Å². The first-order valence-corrected chi connectivity index (χ1v) is 10.4. The molecule has 0 atom stereocenters. The highest BCUT2D eigenvalue weighted by molar-refractivity contribution is 5.74. The first kappa shape index (κ1) is 21.0. The van der Waals surface area contributed by atoms with Crippen molar-refractivity contribution in [2.45, 2.75) is 32.6 Å². The molecular weight excluding hydrogens is 362 g/mol. The van der Waals surface area contributed by atoms with Gasteiger partial charge in [0.1, 0.15) is 5.75 Å². The van der Waals surface area contributed by atoms with Crippen molar-refractivity contribution >= 4 is 11.7 Å². The van der Waals surface area contributed by atoms with Crippen molar-refractivity contribution in [2.75, 3.05) is 44.7 Å². The minimum absolute atomic E-state index is 0.0289. The van der Waals surface area contributed by atoms with Crippen LogP contribution in [-0.4, -0.2) is 50.8 Å². The molecule has 0 aliphatic carbocycles. The van der Waals surface area contributed by atoms with Crippen LogP contribution in [-0.2, 0) is 11.8 Å². The molecule has 2 aromatic rings. The van der Waals surface area contributed by atoms with Crippen LogP contribution in [0.2, 0.25) is 0 Å². The number of rotatable bonds is 5. The molecule has 2 aromatic carbocycles. The summed E-state index contributed by atoms with van der Waals surface area (Å²) in [6.07, 6.45) is 0.815. The predicted molar refractivity (Wildman–Crippen MR) is 119 cm³/mol. The van der Waals surface area contributed by atoms with Crippen molar-refractivity contribution in [1.82, 2.24) is 10.2 Å². The Bertz CT molecular complexity index is 786. The van der Waals surface area contributed by atoms with Gasteiger partial charge >= 0.3 is 6.03 Å². The van der Waals surface area contributed by atoms with Gasteiger partial charge in [-0.3, -0.25) is 0 Å². The standard InChI is InChI=1S/C24H33N3O2/c1-24(2,3)20-7-9-21(10-8-20)26-15-17-27(18-16-26)23(28)25-14-13-19-5-11-22(29-4)12-6-19/h5-12H,13-18H2,1-4H3,(H,25,28). The van der Waals surface area contributed by atoms with Gasteiger partial charge in [0, 0.05) is 38.4 Å². The van der Waals surface area contributed by atoms with Gasteiger partial charge in [0.15, 0.2) is 0 Å². The van der Waals surface area contributed by atoms with Crippen molar-refractivity contribution in [2.24, 2.45) is 0 Å². The second kappa shape index (κ2) is 9.21. The van der Waals surface area contributed by atoms with Gasteiger partial charge in [0.2, 0.25) is 0 Å². The maximum atomic E-state index is 12.5. The molecule has 0 spiro atoms. The molecule has 3 rings (SSSR count). The van der Waals surface area contributed by atoms with Crippen molar-refractivity contribution in [3.63, 3.8) is 0 Å². The number of hydrogen-bond acceptors (Lipinski definition) is 3. The van der Waals surface area contributed by atoms with Crippen LogP contribution in [0.3, 0.4) is 0 Å². The summed E-state index contributed by atoms with van der Waals surface area (Å²) >= 11 is 0. The monoisotopic (exact) mass is 395 g/mol. The Kier molecular flexibility index (Phi) is 6.68. The predicted octanol–water partition coefficient (Wildman–Crippen LogP) is 4.07. The number of piperazine rings is 1. The average molecular weight is 396 g/mol. The molecule has 0 aromatic heterocycles. The molecule has 1 fully saturated rings. The van der Waals surface area contributed by atoms with Crippen LogP contribution in [0.25, 0.3) is 0 Å². The summed E-state index contributed by atoms with van der Waals surface area (Å²) in [5.41, 5.74) is 3.93. The third kappa shape index (κ3) is 5.66. The average Bonchev–Trinajstić information content (AvgIpc) is 2.74. The number of nitrogens with one attached hydrogen (secondary N) is 1. The molecule has 1 aliphatic heterocycles. The molecule has 0 radical (unpaired) electrons. The van der Waals surface area contributed by atoms with E-state index < -0.39 is 0 Å². The molecule has 1 aliphatic rings. The Hall–Kier alpha value is -2.69. The third-order valence-electron chi connectivity index (χ3n) is 5.51. The zero-order valence-electron chi connectivity index (χ0n) is 18.1. The molecule has 29 heavy (non-hydrogen) atoms. The lowest BCUT2D eigenvalue weighted by atomic mass is 9.87. The molecule has 0 saturated carbocycles. The Morgan fingerprint density at radius 3 is 2.14 bits per heavy atom. The van der Waals surface area contributed by atoms with Gasteiger partial charge in [0.05, 0.1) is 7.11 Å². The van der Waals surface area contributed by atoms with Crippen molar-refractivity contribution < 1.29 is 9.53 Å². The summed E-state index contributed by atoms with van der Waals surface area (Å²) in [4.78, 5) is 16.7. The highest BCUT2D eigenvalue weighted by Crippen LogP contribution is 2.25. The van der Waals surface area contributed by atoms with Gasteiger partial charge in [-0.1, -0.05) is 45.0 Å². The SMILES string of the molecule is COc1ccc(CCNC(=O)N2CCN(c3ccc(C(C)(C)C)cc3)CC2)cc1. The van der Waals surface area contributed by atoms with Gasteiger partial charge in [-0.25, -0.2) is 4.79 Å². The third-order valence-corrected chi connectivity index (χ3v) is 5.51. The number of hydrogen-bond donors (Lipinski definition) is 1. The van der Waals surface area contributed by atoms with E-state index in [-0.39, 0.29) is 11.4 Å². The minimum atomic E-state index is 0.0289. The van der Waals surface area contributed by atoms with Gasteiger partial charge < -0.3 is 19.9 Å². The number of benzene rings is 2. The first-order chi connectivity index (χ1) is 13.9. The van der Waals surface area contributed by atoms with E-state index in [1.54, 1.807) is 7.11 Å². The summed E-state index contributed by atoms with van der Waals surface area (Å²) in [5.74, 6) is 0.851. The number of anilines is 1. The number of urea groups is 1. The van der Waals surface area contributed by atoms with E-state index in [4.69, 9.17) is 4.74 Å². The lowest BCUT2D eigenvalue weighted by Crippen LogP contribution is -2.52. The highest BCUT2D eigenvalue weighted by Gasteiger charge is 2.21. The Labute approximate surface area is 174 Å². The van der Waals surface area contributed by atoms with E-state index in [9.17, 15) is 4.79 Å². The van der Waals surface area contributed by atoms with Crippen LogP contribution >= 0.6 is 0 Å². The number of amides is 2. The fourth-order valence-electron chi connectivity index (χ4n) is 3.56. The summed E-state index contributed by atoms with van der Waals surface area (Å²) in [7, 11) is 1.66. The van der Waals surface area contributed by atoms with E-state index in [0.717, 1.165) is 38.3 Å². The van der Waals surface area contributed by atoms with Crippen molar-refractivity contribution in [3.8, 4) is 5.75 Å². The molecule has 2 amide bonds. The second-order valence-electron chi connectivity index (χ2n) is 8.60. The van der Waals surface area contributed by atoms with Crippen molar-refractivity contribution in [3.05, 3.63) is 59.7 Å². The summed E-state index contributed by atoms with van der Waals surface area (Å²) < 4.78 is 5.17. The fraction of sp³-hybridized carbons (Fsp3) is 0.458. The lowest BCUT2D eigenvalue weighted by Gasteiger charge is -2.36. The van der Waals surface area contributed by atoms with Gasteiger partial charge in [-0.05, 0) is 47.2 Å². The maximum Gasteiger partial charge on any atom is 0.317 e. The molecule has 0 bridgehead atoms. The van der Waals surface area contributed by atoms with Crippen LogP contribution < -0.4 is 15.0 Å². The van der Waals surface area contributed by atoms with Gasteiger partial charge in [0.25, 0.3) is 0 Å². The number of carbonyl (C=O) groups is 1. The summed E-state index contributed by atoms with van der Waals surface area (Å²) in [6.45, 7) is 10.5. The number of carbonyl (C=O) groups excluding carboxylic acids is 1. The normalized spacial score (nSPS) is 14.6. The highest BCUT2D eigenvalue weighted by atomic mass is 16.5. The van der Waals surface area contributed by atoms with Crippen LogP contribution in [0.1, 0.15) is 31.9 Å². The molecule has 0 unspecified atom stereocenters. The Morgan fingerprint density at radius 1 is 0.966 bits per heavy atom.